The molecule has 4 heteroatoms. The van der Waals surface area contributed by atoms with Crippen LogP contribution in [-0.2, 0) is 6.54 Å². The van der Waals surface area contributed by atoms with Crippen LogP contribution in [0.5, 0.6) is 0 Å². The van der Waals surface area contributed by atoms with Gasteiger partial charge in [-0.2, -0.15) is 0 Å². The van der Waals surface area contributed by atoms with E-state index in [1.807, 2.05) is 31.2 Å². The van der Waals surface area contributed by atoms with Crippen molar-refractivity contribution in [3.05, 3.63) is 58.5 Å². The second-order valence-corrected chi connectivity index (χ2v) is 4.66. The quantitative estimate of drug-likeness (QED) is 0.849. The molecule has 1 aromatic heterocycles. The molecule has 1 heterocycles. The lowest BCUT2D eigenvalue weighted by Gasteiger charge is -2.16. The summed E-state index contributed by atoms with van der Waals surface area (Å²) in [6.07, 6.45) is 1.53. The minimum Gasteiger partial charge on any atom is -0.459 e. The third kappa shape index (κ3) is 2.74. The number of hydrogen-bond acceptors (Lipinski definition) is 2. The summed E-state index contributed by atoms with van der Waals surface area (Å²) in [5, 5.41) is 0.689. The molecule has 0 aliphatic heterocycles. The molecule has 18 heavy (non-hydrogen) atoms. The van der Waals surface area contributed by atoms with Crippen molar-refractivity contribution in [2.24, 2.45) is 0 Å². The normalized spacial score (nSPS) is 10.4. The molecule has 0 radical (unpaired) electrons. The standard InChI is InChI=1S/C14H14ClNO2/c1-10-7-8-18-13(10)14(17)16(2)9-11-3-5-12(15)6-4-11/h3-8H,9H2,1-2H3. The van der Waals surface area contributed by atoms with Crippen LogP contribution in [0.3, 0.4) is 0 Å². The average molecular weight is 264 g/mol. The summed E-state index contributed by atoms with van der Waals surface area (Å²) >= 11 is 5.82. The van der Waals surface area contributed by atoms with Crippen LogP contribution in [0, 0.1) is 6.92 Å². The summed E-state index contributed by atoms with van der Waals surface area (Å²) in [7, 11) is 1.75. The Morgan fingerprint density at radius 2 is 1.94 bits per heavy atom. The van der Waals surface area contributed by atoms with Gasteiger partial charge in [0.15, 0.2) is 5.76 Å². The molecule has 2 rings (SSSR count). The first-order valence-electron chi connectivity index (χ1n) is 5.62. The molecule has 0 saturated carbocycles. The molecule has 0 unspecified atom stereocenters. The second kappa shape index (κ2) is 5.27. The van der Waals surface area contributed by atoms with E-state index < -0.39 is 0 Å². The first kappa shape index (κ1) is 12.7. The van der Waals surface area contributed by atoms with Crippen LogP contribution >= 0.6 is 11.6 Å². The van der Waals surface area contributed by atoms with Gasteiger partial charge in [-0.15, -0.1) is 0 Å². The van der Waals surface area contributed by atoms with Gasteiger partial charge in [0, 0.05) is 24.2 Å². The monoisotopic (exact) mass is 263 g/mol. The third-order valence-electron chi connectivity index (χ3n) is 2.74. The molecule has 3 nitrogen and oxygen atoms in total. The van der Waals surface area contributed by atoms with Crippen LogP contribution in [0.2, 0.25) is 5.02 Å². The van der Waals surface area contributed by atoms with Crippen molar-refractivity contribution in [3.63, 3.8) is 0 Å². The minimum atomic E-state index is -0.118. The predicted molar refractivity (Wildman–Crippen MR) is 70.7 cm³/mol. The number of halogens is 1. The van der Waals surface area contributed by atoms with E-state index >= 15 is 0 Å². The van der Waals surface area contributed by atoms with Gasteiger partial charge in [-0.05, 0) is 30.7 Å². The molecular weight excluding hydrogens is 250 g/mol. The van der Waals surface area contributed by atoms with Gasteiger partial charge in [-0.3, -0.25) is 4.79 Å². The Morgan fingerprint density at radius 3 is 2.50 bits per heavy atom. The van der Waals surface area contributed by atoms with Crippen molar-refractivity contribution in [1.29, 1.82) is 0 Å². The molecule has 0 N–H and O–H groups in total. The number of carbonyl (C=O) groups is 1. The van der Waals surface area contributed by atoms with E-state index in [9.17, 15) is 4.79 Å². The molecule has 0 aliphatic rings. The van der Waals surface area contributed by atoms with Crippen molar-refractivity contribution < 1.29 is 9.21 Å². The highest BCUT2D eigenvalue weighted by Gasteiger charge is 2.17. The SMILES string of the molecule is Cc1ccoc1C(=O)N(C)Cc1ccc(Cl)cc1. The van der Waals surface area contributed by atoms with Crippen LogP contribution in [0.25, 0.3) is 0 Å². The third-order valence-corrected chi connectivity index (χ3v) is 2.99. The molecular formula is C14H14ClNO2. The highest BCUT2D eigenvalue weighted by Crippen LogP contribution is 2.15. The minimum absolute atomic E-state index is 0.118. The fourth-order valence-corrected chi connectivity index (χ4v) is 1.83. The van der Waals surface area contributed by atoms with Crippen molar-refractivity contribution >= 4 is 17.5 Å². The van der Waals surface area contributed by atoms with Crippen LogP contribution in [0.15, 0.2) is 41.0 Å². The highest BCUT2D eigenvalue weighted by atomic mass is 35.5. The molecule has 2 aromatic rings. The molecule has 1 amide bonds. The highest BCUT2D eigenvalue weighted by molar-refractivity contribution is 6.30. The smallest absolute Gasteiger partial charge is 0.289 e. The molecule has 1 aromatic carbocycles. The average Bonchev–Trinajstić information content (AvgIpc) is 2.77. The first-order chi connectivity index (χ1) is 8.58. The van der Waals surface area contributed by atoms with Crippen LogP contribution in [-0.4, -0.2) is 17.9 Å². The number of hydrogen-bond donors (Lipinski definition) is 0. The maximum atomic E-state index is 12.1. The summed E-state index contributed by atoms with van der Waals surface area (Å²) in [5.41, 5.74) is 1.88. The number of aryl methyl sites for hydroxylation is 1. The fourth-order valence-electron chi connectivity index (χ4n) is 1.70. The van der Waals surface area contributed by atoms with Gasteiger partial charge in [0.25, 0.3) is 5.91 Å². The second-order valence-electron chi connectivity index (χ2n) is 4.22. The Hall–Kier alpha value is -1.74. The van der Waals surface area contributed by atoms with E-state index in [-0.39, 0.29) is 5.91 Å². The Kier molecular flexibility index (Phi) is 3.72. The van der Waals surface area contributed by atoms with E-state index in [4.69, 9.17) is 16.0 Å². The summed E-state index contributed by atoms with van der Waals surface area (Å²) in [6.45, 7) is 2.38. The zero-order valence-corrected chi connectivity index (χ0v) is 11.1. The zero-order valence-electron chi connectivity index (χ0n) is 10.3. The largest absolute Gasteiger partial charge is 0.459 e. The van der Waals surface area contributed by atoms with Crippen molar-refractivity contribution in [1.82, 2.24) is 4.90 Å². The van der Waals surface area contributed by atoms with Crippen molar-refractivity contribution in [2.75, 3.05) is 7.05 Å². The van der Waals surface area contributed by atoms with Crippen LogP contribution in [0.4, 0.5) is 0 Å². The van der Waals surface area contributed by atoms with Crippen LogP contribution in [0.1, 0.15) is 21.7 Å². The van der Waals surface area contributed by atoms with Gasteiger partial charge in [-0.1, -0.05) is 23.7 Å². The molecule has 0 spiro atoms. The van der Waals surface area contributed by atoms with Gasteiger partial charge >= 0.3 is 0 Å². The van der Waals surface area contributed by atoms with Crippen molar-refractivity contribution in [3.8, 4) is 0 Å². The van der Waals surface area contributed by atoms with E-state index in [1.54, 1.807) is 18.0 Å². The Morgan fingerprint density at radius 1 is 1.28 bits per heavy atom. The summed E-state index contributed by atoms with van der Waals surface area (Å²) < 4.78 is 5.19. The van der Waals surface area contributed by atoms with Gasteiger partial charge in [0.05, 0.1) is 6.26 Å². The van der Waals surface area contributed by atoms with Gasteiger partial charge < -0.3 is 9.32 Å². The summed E-state index contributed by atoms with van der Waals surface area (Å²) in [6, 6.07) is 9.21. The van der Waals surface area contributed by atoms with Gasteiger partial charge in [0.1, 0.15) is 0 Å². The Labute approximate surface area is 111 Å². The zero-order chi connectivity index (χ0) is 13.1. The van der Waals surface area contributed by atoms with Gasteiger partial charge in [0.2, 0.25) is 0 Å². The lowest BCUT2D eigenvalue weighted by Crippen LogP contribution is -2.26. The lowest BCUT2D eigenvalue weighted by atomic mass is 10.2. The molecule has 0 atom stereocenters. The Balaban J connectivity index is 2.08. The fraction of sp³-hybridized carbons (Fsp3) is 0.214. The lowest BCUT2D eigenvalue weighted by molar-refractivity contribution is 0.0752. The Bertz CT molecular complexity index is 545. The number of benzene rings is 1. The molecule has 0 aliphatic carbocycles. The number of carbonyl (C=O) groups excluding carboxylic acids is 1. The molecule has 0 fully saturated rings. The number of rotatable bonds is 3. The van der Waals surface area contributed by atoms with Crippen LogP contribution < -0.4 is 0 Å². The number of furan rings is 1. The van der Waals surface area contributed by atoms with E-state index in [1.165, 1.54) is 6.26 Å². The first-order valence-corrected chi connectivity index (χ1v) is 5.99. The molecule has 0 bridgehead atoms. The predicted octanol–water partition coefficient (Wildman–Crippen LogP) is 3.51. The van der Waals surface area contributed by atoms with E-state index in [2.05, 4.69) is 0 Å². The van der Waals surface area contributed by atoms with Crippen molar-refractivity contribution in [2.45, 2.75) is 13.5 Å². The topological polar surface area (TPSA) is 33.5 Å². The van der Waals surface area contributed by atoms with Gasteiger partial charge in [-0.25, -0.2) is 0 Å². The maximum absolute atomic E-state index is 12.1. The van der Waals surface area contributed by atoms with E-state index in [0.717, 1.165) is 11.1 Å². The number of nitrogens with zero attached hydrogens (tertiary/aromatic N) is 1. The summed E-state index contributed by atoms with van der Waals surface area (Å²) in [5.74, 6) is 0.277. The number of amides is 1. The molecule has 0 saturated heterocycles. The maximum Gasteiger partial charge on any atom is 0.289 e. The summed E-state index contributed by atoms with van der Waals surface area (Å²) in [4.78, 5) is 13.7. The molecule has 94 valence electrons. The van der Waals surface area contributed by atoms with E-state index in [0.29, 0.717) is 17.3 Å².